The maximum Gasteiger partial charge on any atom is 0.225 e. The fourth-order valence-electron chi connectivity index (χ4n) is 3.98. The van der Waals surface area contributed by atoms with Crippen LogP contribution < -0.4 is 4.90 Å². The molecule has 134 valence electrons. The van der Waals surface area contributed by atoms with E-state index in [1.807, 2.05) is 18.7 Å². The minimum Gasteiger partial charge on any atom is -0.372 e. The van der Waals surface area contributed by atoms with Crippen LogP contribution in [0, 0.1) is 5.92 Å². The molecule has 0 radical (unpaired) electrons. The van der Waals surface area contributed by atoms with Crippen LogP contribution in [0.5, 0.6) is 0 Å². The fourth-order valence-corrected chi connectivity index (χ4v) is 4.71. The Bertz CT molecular complexity index is 746. The Morgan fingerprint density at radius 1 is 1.20 bits per heavy atom. The molecule has 0 spiro atoms. The Hall–Kier alpha value is -1.73. The quantitative estimate of drug-likeness (QED) is 0.824. The van der Waals surface area contributed by atoms with Gasteiger partial charge in [-0.15, -0.1) is 11.3 Å². The zero-order chi connectivity index (χ0) is 17.4. The number of hydrogen-bond donors (Lipinski definition) is 0. The standard InChI is InChI=1S/C18H24N4O2S/c1-12-9-22(10-13(2)24-12)18(23)14-3-6-21(7-4-14)16-15-5-8-25-17(15)20-11-19-16/h5,8,11-14H,3-4,6-7,9-10H2,1-2H3. The van der Waals surface area contributed by atoms with E-state index in [1.165, 1.54) is 0 Å². The number of carbonyl (C=O) groups is 1. The van der Waals surface area contributed by atoms with Crippen LogP contribution in [0.1, 0.15) is 26.7 Å². The number of carbonyl (C=O) groups excluding carboxylic acids is 1. The van der Waals surface area contributed by atoms with E-state index in [-0.39, 0.29) is 18.1 Å². The van der Waals surface area contributed by atoms with Gasteiger partial charge in [0.15, 0.2) is 0 Å². The van der Waals surface area contributed by atoms with Crippen molar-refractivity contribution in [2.75, 3.05) is 31.1 Å². The van der Waals surface area contributed by atoms with Crippen molar-refractivity contribution in [2.45, 2.75) is 38.9 Å². The minimum absolute atomic E-state index is 0.119. The van der Waals surface area contributed by atoms with Crippen LogP contribution in [0.2, 0.25) is 0 Å². The lowest BCUT2D eigenvalue weighted by Crippen LogP contribution is -2.51. The van der Waals surface area contributed by atoms with Crippen molar-refractivity contribution < 1.29 is 9.53 Å². The lowest BCUT2D eigenvalue weighted by atomic mass is 9.94. The van der Waals surface area contributed by atoms with Crippen LogP contribution in [0.25, 0.3) is 10.2 Å². The lowest BCUT2D eigenvalue weighted by Gasteiger charge is -2.39. The molecule has 2 fully saturated rings. The summed E-state index contributed by atoms with van der Waals surface area (Å²) in [5.74, 6) is 1.42. The summed E-state index contributed by atoms with van der Waals surface area (Å²) in [6.45, 7) is 7.25. The molecule has 2 saturated heterocycles. The normalized spacial score (nSPS) is 25.5. The van der Waals surface area contributed by atoms with Crippen molar-refractivity contribution in [3.63, 3.8) is 0 Å². The molecular formula is C18H24N4O2S. The molecule has 2 atom stereocenters. The first-order chi connectivity index (χ1) is 12.1. The van der Waals surface area contributed by atoms with Gasteiger partial charge in [0.05, 0.1) is 17.6 Å². The molecular weight excluding hydrogens is 336 g/mol. The Morgan fingerprint density at radius 3 is 2.64 bits per heavy atom. The van der Waals surface area contributed by atoms with Gasteiger partial charge in [0.25, 0.3) is 0 Å². The SMILES string of the molecule is CC1CN(C(=O)C2CCN(c3ncnc4sccc34)CC2)CC(C)O1. The molecule has 2 aliphatic heterocycles. The molecule has 4 heterocycles. The minimum atomic E-state index is 0.119. The second-order valence-corrected chi connectivity index (χ2v) is 7.99. The molecule has 0 aromatic carbocycles. The van der Waals surface area contributed by atoms with Gasteiger partial charge in [0, 0.05) is 32.1 Å². The zero-order valence-corrected chi connectivity index (χ0v) is 15.5. The molecule has 2 aromatic heterocycles. The van der Waals surface area contributed by atoms with Crippen molar-refractivity contribution >= 4 is 33.3 Å². The Labute approximate surface area is 151 Å². The molecule has 0 aliphatic carbocycles. The van der Waals surface area contributed by atoms with Crippen LogP contribution in [-0.4, -0.2) is 59.2 Å². The van der Waals surface area contributed by atoms with Gasteiger partial charge >= 0.3 is 0 Å². The third-order valence-corrected chi connectivity index (χ3v) is 5.94. The molecule has 2 aliphatic rings. The number of ether oxygens (including phenoxy) is 1. The molecule has 0 saturated carbocycles. The summed E-state index contributed by atoms with van der Waals surface area (Å²) >= 11 is 1.64. The van der Waals surface area contributed by atoms with Gasteiger partial charge in [-0.2, -0.15) is 0 Å². The third-order valence-electron chi connectivity index (χ3n) is 5.12. The van der Waals surface area contributed by atoms with E-state index < -0.39 is 0 Å². The molecule has 6 nitrogen and oxygen atoms in total. The third kappa shape index (κ3) is 3.35. The van der Waals surface area contributed by atoms with Crippen molar-refractivity contribution in [3.8, 4) is 0 Å². The number of aromatic nitrogens is 2. The number of rotatable bonds is 2. The highest BCUT2D eigenvalue weighted by Gasteiger charge is 2.33. The highest BCUT2D eigenvalue weighted by Crippen LogP contribution is 2.30. The van der Waals surface area contributed by atoms with Crippen LogP contribution in [-0.2, 0) is 9.53 Å². The van der Waals surface area contributed by atoms with Gasteiger partial charge in [-0.25, -0.2) is 9.97 Å². The summed E-state index contributed by atoms with van der Waals surface area (Å²) in [4.78, 5) is 27.0. The van der Waals surface area contributed by atoms with Crippen LogP contribution in [0.4, 0.5) is 5.82 Å². The predicted molar refractivity (Wildman–Crippen MR) is 98.9 cm³/mol. The van der Waals surface area contributed by atoms with Gasteiger partial charge in [-0.1, -0.05) is 0 Å². The highest BCUT2D eigenvalue weighted by atomic mass is 32.1. The number of anilines is 1. The second kappa shape index (κ2) is 6.88. The van der Waals surface area contributed by atoms with Gasteiger partial charge in [-0.05, 0) is 38.1 Å². The van der Waals surface area contributed by atoms with E-state index in [9.17, 15) is 4.79 Å². The molecule has 0 N–H and O–H groups in total. The Morgan fingerprint density at radius 2 is 1.92 bits per heavy atom. The van der Waals surface area contributed by atoms with Crippen molar-refractivity contribution in [1.29, 1.82) is 0 Å². The number of nitrogens with zero attached hydrogens (tertiary/aromatic N) is 4. The number of thiophene rings is 1. The summed E-state index contributed by atoms with van der Waals surface area (Å²) in [5.41, 5.74) is 0. The molecule has 25 heavy (non-hydrogen) atoms. The van der Waals surface area contributed by atoms with Gasteiger partial charge in [-0.3, -0.25) is 4.79 Å². The van der Waals surface area contributed by atoms with Crippen LogP contribution in [0.15, 0.2) is 17.8 Å². The summed E-state index contributed by atoms with van der Waals surface area (Å²) in [6, 6.07) is 2.09. The largest absolute Gasteiger partial charge is 0.372 e. The number of amides is 1. The summed E-state index contributed by atoms with van der Waals surface area (Å²) < 4.78 is 5.75. The fraction of sp³-hybridized carbons (Fsp3) is 0.611. The first-order valence-corrected chi connectivity index (χ1v) is 9.87. The zero-order valence-electron chi connectivity index (χ0n) is 14.7. The Kier molecular flexibility index (Phi) is 4.60. The van der Waals surface area contributed by atoms with E-state index in [4.69, 9.17) is 4.74 Å². The van der Waals surface area contributed by atoms with Gasteiger partial charge < -0.3 is 14.5 Å². The smallest absolute Gasteiger partial charge is 0.225 e. The maximum atomic E-state index is 12.9. The number of piperidine rings is 1. The second-order valence-electron chi connectivity index (χ2n) is 7.10. The van der Waals surface area contributed by atoms with Crippen LogP contribution >= 0.6 is 11.3 Å². The molecule has 7 heteroatoms. The number of hydrogen-bond acceptors (Lipinski definition) is 6. The van der Waals surface area contributed by atoms with E-state index in [2.05, 4.69) is 26.3 Å². The molecule has 0 bridgehead atoms. The summed E-state index contributed by atoms with van der Waals surface area (Å²) in [7, 11) is 0. The Balaban J connectivity index is 1.41. The predicted octanol–water partition coefficient (Wildman–Crippen LogP) is 2.54. The highest BCUT2D eigenvalue weighted by molar-refractivity contribution is 7.16. The molecule has 2 aromatic rings. The van der Waals surface area contributed by atoms with Gasteiger partial charge in [0.2, 0.25) is 5.91 Å². The summed E-state index contributed by atoms with van der Waals surface area (Å²) in [5, 5.41) is 3.17. The average molecular weight is 360 g/mol. The van der Waals surface area contributed by atoms with E-state index in [1.54, 1.807) is 17.7 Å². The summed E-state index contributed by atoms with van der Waals surface area (Å²) in [6.07, 6.45) is 3.66. The van der Waals surface area contributed by atoms with Gasteiger partial charge in [0.1, 0.15) is 17.0 Å². The van der Waals surface area contributed by atoms with E-state index in [0.717, 1.165) is 42.0 Å². The average Bonchev–Trinajstić information content (AvgIpc) is 3.09. The topological polar surface area (TPSA) is 58.6 Å². The van der Waals surface area contributed by atoms with E-state index in [0.29, 0.717) is 19.0 Å². The maximum absolute atomic E-state index is 12.9. The molecule has 4 rings (SSSR count). The lowest BCUT2D eigenvalue weighted by molar-refractivity contribution is -0.148. The first-order valence-electron chi connectivity index (χ1n) is 8.99. The molecule has 1 amide bonds. The monoisotopic (exact) mass is 360 g/mol. The molecule has 2 unspecified atom stereocenters. The van der Waals surface area contributed by atoms with Crippen molar-refractivity contribution in [1.82, 2.24) is 14.9 Å². The van der Waals surface area contributed by atoms with Crippen molar-refractivity contribution in [2.24, 2.45) is 5.92 Å². The van der Waals surface area contributed by atoms with E-state index >= 15 is 0 Å². The first kappa shape index (κ1) is 16.7. The van der Waals surface area contributed by atoms with Crippen molar-refractivity contribution in [3.05, 3.63) is 17.8 Å². The number of fused-ring (bicyclic) bond motifs is 1. The number of morpholine rings is 1. The van der Waals surface area contributed by atoms with Crippen LogP contribution in [0.3, 0.4) is 0 Å².